The van der Waals surface area contributed by atoms with Crippen molar-refractivity contribution in [3.8, 4) is 11.5 Å². The summed E-state index contributed by atoms with van der Waals surface area (Å²) in [6.45, 7) is 16.5. The maximum absolute atomic E-state index is 12.4. The Hall–Kier alpha value is -4.26. The number of anilines is 1. The monoisotopic (exact) mass is 505 g/mol. The van der Waals surface area contributed by atoms with Gasteiger partial charge in [-0.15, -0.1) is 0 Å². The van der Waals surface area contributed by atoms with E-state index >= 15 is 0 Å². The highest BCUT2D eigenvalue weighted by Gasteiger charge is 2.12. The summed E-state index contributed by atoms with van der Waals surface area (Å²) in [4.78, 5) is 16.6. The van der Waals surface area contributed by atoms with Gasteiger partial charge in [-0.25, -0.2) is 4.98 Å². The molecule has 0 bridgehead atoms. The first-order valence-electron chi connectivity index (χ1n) is 12.8. The van der Waals surface area contributed by atoms with Gasteiger partial charge in [0.25, 0.3) is 5.91 Å². The molecular formula is C30H43N5O2. The summed E-state index contributed by atoms with van der Waals surface area (Å²) >= 11 is 0. The topological polar surface area (TPSA) is 87.3 Å². The molecule has 1 aromatic carbocycles. The Labute approximate surface area is 224 Å². The predicted molar refractivity (Wildman–Crippen MR) is 159 cm³/mol. The number of pyridine rings is 1. The van der Waals surface area contributed by atoms with Crippen LogP contribution in [0.2, 0.25) is 0 Å². The molecule has 2 aliphatic rings. The third-order valence-corrected chi connectivity index (χ3v) is 5.27. The molecule has 0 saturated heterocycles. The standard InChI is InChI=1S/C26H27N5O2.2C2H6.2H2/c1-18-23(19(2)30-16-20-8-12-27-13-9-20)6-3-7-24(18)33-22-10-14-29-25(15-22)31-26(32)21-5-4-11-28-17-21;2*1-2;;/h3-10,12,14-15,17,27-28,30H,2,11,13,16H2,1H3,(H,29,31,32);2*1-2H3;2*1H. The lowest BCUT2D eigenvalue weighted by Gasteiger charge is -2.17. The molecule has 37 heavy (non-hydrogen) atoms. The van der Waals surface area contributed by atoms with Crippen molar-refractivity contribution >= 4 is 17.4 Å². The van der Waals surface area contributed by atoms with E-state index in [1.165, 1.54) is 5.57 Å². The van der Waals surface area contributed by atoms with Gasteiger partial charge in [-0.05, 0) is 36.9 Å². The first-order valence-corrected chi connectivity index (χ1v) is 12.8. The van der Waals surface area contributed by atoms with Crippen LogP contribution < -0.4 is 26.0 Å². The molecule has 0 unspecified atom stereocenters. The SMILES string of the molecule is C=C(NCC1=CCNC=C1)c1cccc(Oc2ccnc(NC(=O)C3=CNCC=C3)c2)c1C.CC.CC.[HH].[HH]. The summed E-state index contributed by atoms with van der Waals surface area (Å²) in [6, 6.07) is 9.32. The van der Waals surface area contributed by atoms with Crippen LogP contribution in [-0.4, -0.2) is 30.5 Å². The van der Waals surface area contributed by atoms with Crippen molar-refractivity contribution < 1.29 is 12.4 Å². The smallest absolute Gasteiger partial charge is 0.258 e. The molecule has 2 aromatic rings. The number of aromatic nitrogens is 1. The van der Waals surface area contributed by atoms with Crippen LogP contribution in [0.25, 0.3) is 5.70 Å². The molecule has 0 fully saturated rings. The van der Waals surface area contributed by atoms with Crippen LogP contribution in [0.4, 0.5) is 5.82 Å². The van der Waals surface area contributed by atoms with E-state index in [4.69, 9.17) is 4.74 Å². The van der Waals surface area contributed by atoms with Crippen LogP contribution in [0.3, 0.4) is 0 Å². The van der Waals surface area contributed by atoms with E-state index < -0.39 is 0 Å². The van der Waals surface area contributed by atoms with Crippen LogP contribution >= 0.6 is 0 Å². The highest BCUT2D eigenvalue weighted by Crippen LogP contribution is 2.30. The molecule has 1 aromatic heterocycles. The number of rotatable bonds is 8. The number of hydrogen-bond acceptors (Lipinski definition) is 6. The molecule has 0 aliphatic carbocycles. The van der Waals surface area contributed by atoms with E-state index in [1.54, 1.807) is 30.6 Å². The molecule has 200 valence electrons. The Morgan fingerprint density at radius 2 is 1.95 bits per heavy atom. The highest BCUT2D eigenvalue weighted by atomic mass is 16.5. The number of amides is 1. The maximum atomic E-state index is 12.4. The van der Waals surface area contributed by atoms with Gasteiger partial charge in [0.1, 0.15) is 17.3 Å². The molecule has 4 N–H and O–H groups in total. The number of hydrogen-bond donors (Lipinski definition) is 4. The molecule has 0 spiro atoms. The zero-order valence-electron chi connectivity index (χ0n) is 22.5. The molecule has 2 aliphatic heterocycles. The number of benzene rings is 1. The summed E-state index contributed by atoms with van der Waals surface area (Å²) in [7, 11) is 0. The average molecular weight is 506 g/mol. The van der Waals surface area contributed by atoms with Crippen molar-refractivity contribution in [1.82, 2.24) is 20.9 Å². The zero-order chi connectivity index (χ0) is 27.0. The Bertz CT molecular complexity index is 1190. The van der Waals surface area contributed by atoms with Crippen LogP contribution in [0, 0.1) is 6.92 Å². The molecule has 0 atom stereocenters. The first-order chi connectivity index (χ1) is 18.1. The summed E-state index contributed by atoms with van der Waals surface area (Å²) in [5.74, 6) is 1.47. The lowest BCUT2D eigenvalue weighted by Crippen LogP contribution is -2.19. The molecule has 0 radical (unpaired) electrons. The van der Waals surface area contributed by atoms with Gasteiger partial charge in [-0.3, -0.25) is 4.79 Å². The van der Waals surface area contributed by atoms with Gasteiger partial charge in [-0.1, -0.05) is 64.6 Å². The van der Waals surface area contributed by atoms with Crippen molar-refractivity contribution in [2.24, 2.45) is 0 Å². The molecular weight excluding hydrogens is 462 g/mol. The quantitative estimate of drug-likeness (QED) is 0.336. The molecule has 7 heteroatoms. The summed E-state index contributed by atoms with van der Waals surface area (Å²) in [6.07, 6.45) is 13.1. The molecule has 4 rings (SSSR count). The van der Waals surface area contributed by atoms with Crippen molar-refractivity contribution in [3.05, 3.63) is 102 Å². The normalized spacial score (nSPS) is 13.1. The fraction of sp³-hybridized carbons (Fsp3) is 0.267. The predicted octanol–water partition coefficient (Wildman–Crippen LogP) is 6.31. The minimum absolute atomic E-state index is 0. The van der Waals surface area contributed by atoms with Gasteiger partial charge >= 0.3 is 0 Å². The van der Waals surface area contributed by atoms with Gasteiger partial charge in [-0.2, -0.15) is 0 Å². The average Bonchev–Trinajstić information content (AvgIpc) is 2.96. The van der Waals surface area contributed by atoms with Crippen LogP contribution in [0.1, 0.15) is 41.7 Å². The summed E-state index contributed by atoms with van der Waals surface area (Å²) < 4.78 is 6.13. The Morgan fingerprint density at radius 3 is 2.65 bits per heavy atom. The van der Waals surface area contributed by atoms with E-state index in [-0.39, 0.29) is 8.76 Å². The van der Waals surface area contributed by atoms with Gasteiger partial charge in [0, 0.05) is 57.8 Å². The van der Waals surface area contributed by atoms with E-state index in [1.807, 2.05) is 71.2 Å². The second kappa shape index (κ2) is 15.7. The van der Waals surface area contributed by atoms with Crippen molar-refractivity contribution in [2.75, 3.05) is 25.0 Å². The van der Waals surface area contributed by atoms with Gasteiger partial charge in [0.05, 0.1) is 5.57 Å². The summed E-state index contributed by atoms with van der Waals surface area (Å²) in [5.41, 5.74) is 4.53. The first kappa shape index (κ1) is 29.0. The minimum Gasteiger partial charge on any atom is -0.457 e. The second-order valence-corrected chi connectivity index (χ2v) is 7.62. The zero-order valence-corrected chi connectivity index (χ0v) is 22.5. The number of nitrogens with zero attached hydrogens (tertiary/aromatic N) is 1. The largest absolute Gasteiger partial charge is 0.457 e. The highest BCUT2D eigenvalue weighted by molar-refractivity contribution is 6.05. The Kier molecular flexibility index (Phi) is 12.3. The van der Waals surface area contributed by atoms with Gasteiger partial charge < -0.3 is 26.0 Å². The lowest BCUT2D eigenvalue weighted by molar-refractivity contribution is -0.112. The minimum atomic E-state index is -0.234. The molecule has 3 heterocycles. The van der Waals surface area contributed by atoms with E-state index in [2.05, 4.69) is 38.9 Å². The third kappa shape index (κ3) is 8.72. The van der Waals surface area contributed by atoms with Crippen LogP contribution in [0.5, 0.6) is 11.5 Å². The van der Waals surface area contributed by atoms with E-state index in [0.29, 0.717) is 36.0 Å². The van der Waals surface area contributed by atoms with Crippen molar-refractivity contribution in [2.45, 2.75) is 34.6 Å². The van der Waals surface area contributed by atoms with Crippen molar-refractivity contribution in [1.29, 1.82) is 0 Å². The third-order valence-electron chi connectivity index (χ3n) is 5.27. The Balaban J connectivity index is 0.00000230. The summed E-state index contributed by atoms with van der Waals surface area (Å²) in [5, 5.41) is 12.4. The van der Waals surface area contributed by atoms with E-state index in [0.717, 1.165) is 23.4 Å². The number of carbonyl (C=O) groups excluding carboxylic acids is 1. The Morgan fingerprint density at radius 1 is 1.14 bits per heavy atom. The fourth-order valence-electron chi connectivity index (χ4n) is 3.45. The van der Waals surface area contributed by atoms with Crippen molar-refractivity contribution in [3.63, 3.8) is 0 Å². The van der Waals surface area contributed by atoms with Gasteiger partial charge in [0.2, 0.25) is 0 Å². The fourth-order valence-corrected chi connectivity index (χ4v) is 3.45. The number of ether oxygens (including phenoxy) is 1. The van der Waals surface area contributed by atoms with E-state index in [9.17, 15) is 4.79 Å². The van der Waals surface area contributed by atoms with Crippen LogP contribution in [-0.2, 0) is 4.79 Å². The van der Waals surface area contributed by atoms with Gasteiger partial charge in [0.15, 0.2) is 0 Å². The van der Waals surface area contributed by atoms with Crippen LogP contribution in [0.15, 0.2) is 91.0 Å². The number of carbonyl (C=O) groups is 1. The second-order valence-electron chi connectivity index (χ2n) is 7.62. The lowest BCUT2D eigenvalue weighted by atomic mass is 10.0. The number of dihydropyridines is 2. The molecule has 1 amide bonds. The molecule has 7 nitrogen and oxygen atoms in total. The maximum Gasteiger partial charge on any atom is 0.258 e. The number of nitrogens with one attached hydrogen (secondary N) is 4. The molecule has 0 saturated carbocycles.